The second-order valence-electron chi connectivity index (χ2n) is 4.76. The van der Waals surface area contributed by atoms with Crippen LogP contribution in [0.3, 0.4) is 0 Å². The largest absolute Gasteiger partial charge is 0.352 e. The minimum Gasteiger partial charge on any atom is -0.352 e. The van der Waals surface area contributed by atoms with Crippen LogP contribution in [-0.2, 0) is 0 Å². The van der Waals surface area contributed by atoms with Gasteiger partial charge in [0.15, 0.2) is 17.5 Å². The number of anilines is 2. The minimum absolute atomic E-state index is 0.208. The van der Waals surface area contributed by atoms with E-state index in [0.717, 1.165) is 12.1 Å². The minimum atomic E-state index is -1.55. The molecule has 23 heavy (non-hydrogen) atoms. The van der Waals surface area contributed by atoms with Crippen molar-refractivity contribution in [1.29, 1.82) is 0 Å². The molecule has 0 aliphatic carbocycles. The van der Waals surface area contributed by atoms with Gasteiger partial charge in [0.1, 0.15) is 5.69 Å². The molecule has 0 saturated heterocycles. The lowest BCUT2D eigenvalue weighted by Gasteiger charge is -2.18. The molecule has 1 N–H and O–H groups in total. The van der Waals surface area contributed by atoms with E-state index in [1.54, 1.807) is 4.90 Å². The summed E-state index contributed by atoms with van der Waals surface area (Å²) < 4.78 is 39.7. The third kappa shape index (κ3) is 3.61. The van der Waals surface area contributed by atoms with Gasteiger partial charge in [-0.15, -0.1) is 0 Å². The van der Waals surface area contributed by atoms with Crippen LogP contribution in [0.5, 0.6) is 0 Å². The average Bonchev–Trinajstić information content (AvgIpc) is 2.57. The first-order chi connectivity index (χ1) is 11.0. The number of rotatable bonds is 5. The maximum Gasteiger partial charge on any atom is 0.272 e. The van der Waals surface area contributed by atoms with Crippen molar-refractivity contribution < 1.29 is 18.0 Å². The lowest BCUT2D eigenvalue weighted by molar-refractivity contribution is 0.0767. The van der Waals surface area contributed by atoms with Crippen LogP contribution in [0.4, 0.5) is 24.5 Å². The van der Waals surface area contributed by atoms with E-state index in [9.17, 15) is 18.0 Å². The maximum absolute atomic E-state index is 13.6. The predicted octanol–water partition coefficient (Wildman–Crippen LogP) is 3.72. The number of carbonyl (C=O) groups is 1. The number of hydrogen-bond acceptors (Lipinski definition) is 3. The second-order valence-corrected chi connectivity index (χ2v) is 4.76. The van der Waals surface area contributed by atoms with Crippen molar-refractivity contribution >= 4 is 17.3 Å². The zero-order valence-electron chi connectivity index (χ0n) is 12.7. The van der Waals surface area contributed by atoms with Crippen molar-refractivity contribution in [2.75, 3.05) is 18.4 Å². The van der Waals surface area contributed by atoms with Crippen LogP contribution in [0.2, 0.25) is 0 Å². The average molecular weight is 323 g/mol. The van der Waals surface area contributed by atoms with Crippen molar-refractivity contribution in [2.24, 2.45) is 0 Å². The predicted molar refractivity (Wildman–Crippen MR) is 81.1 cm³/mol. The Bertz CT molecular complexity index is 700. The fourth-order valence-electron chi connectivity index (χ4n) is 2.05. The summed E-state index contributed by atoms with van der Waals surface area (Å²) in [4.78, 5) is 17.7. The maximum atomic E-state index is 13.6. The fraction of sp³-hybridized carbons (Fsp3) is 0.250. The normalized spacial score (nSPS) is 10.5. The summed E-state index contributed by atoms with van der Waals surface area (Å²) in [6, 6.07) is 4.92. The number of hydrogen-bond donors (Lipinski definition) is 1. The standard InChI is InChI=1S/C16H16F3N3O/c1-3-22(4-2)16(23)13-7-5-10(9-20-13)21-12-8-6-11(17)14(18)15(12)19/h5-9,21H,3-4H2,1-2H3. The molecule has 1 aromatic heterocycles. The van der Waals surface area contributed by atoms with Crippen molar-refractivity contribution in [3.05, 3.63) is 53.6 Å². The van der Waals surface area contributed by atoms with Crippen LogP contribution in [0.25, 0.3) is 0 Å². The first kappa shape index (κ1) is 16.8. The lowest BCUT2D eigenvalue weighted by atomic mass is 10.2. The van der Waals surface area contributed by atoms with Crippen LogP contribution >= 0.6 is 0 Å². The summed E-state index contributed by atoms with van der Waals surface area (Å²) in [5.74, 6) is -4.32. The highest BCUT2D eigenvalue weighted by molar-refractivity contribution is 5.92. The molecule has 0 spiro atoms. The third-order valence-corrected chi connectivity index (χ3v) is 3.35. The Morgan fingerprint density at radius 2 is 1.78 bits per heavy atom. The highest BCUT2D eigenvalue weighted by Crippen LogP contribution is 2.23. The molecule has 4 nitrogen and oxygen atoms in total. The Kier molecular flexibility index (Phi) is 5.20. The van der Waals surface area contributed by atoms with Gasteiger partial charge < -0.3 is 10.2 Å². The van der Waals surface area contributed by atoms with E-state index in [1.807, 2.05) is 13.8 Å². The van der Waals surface area contributed by atoms with E-state index < -0.39 is 17.5 Å². The van der Waals surface area contributed by atoms with E-state index >= 15 is 0 Å². The topological polar surface area (TPSA) is 45.2 Å². The zero-order chi connectivity index (χ0) is 17.0. The lowest BCUT2D eigenvalue weighted by Crippen LogP contribution is -2.31. The molecular formula is C16H16F3N3O. The molecule has 1 heterocycles. The van der Waals surface area contributed by atoms with Crippen molar-refractivity contribution in [1.82, 2.24) is 9.88 Å². The number of nitrogens with zero attached hydrogens (tertiary/aromatic N) is 2. The van der Waals surface area contributed by atoms with Gasteiger partial charge >= 0.3 is 0 Å². The van der Waals surface area contributed by atoms with Crippen LogP contribution in [0.15, 0.2) is 30.5 Å². The number of aromatic nitrogens is 1. The zero-order valence-corrected chi connectivity index (χ0v) is 12.7. The SMILES string of the molecule is CCN(CC)C(=O)c1ccc(Nc2ccc(F)c(F)c2F)cn1. The van der Waals surface area contributed by atoms with Gasteiger partial charge in [-0.2, -0.15) is 0 Å². The number of nitrogens with one attached hydrogen (secondary N) is 1. The monoisotopic (exact) mass is 323 g/mol. The molecule has 0 aliphatic heterocycles. The summed E-state index contributed by atoms with van der Waals surface area (Å²) in [7, 11) is 0. The summed E-state index contributed by atoms with van der Waals surface area (Å²) in [5.41, 5.74) is 0.393. The highest BCUT2D eigenvalue weighted by atomic mass is 19.2. The van der Waals surface area contributed by atoms with E-state index in [-0.39, 0.29) is 17.3 Å². The molecule has 0 bridgehead atoms. The fourth-order valence-corrected chi connectivity index (χ4v) is 2.05. The third-order valence-electron chi connectivity index (χ3n) is 3.35. The van der Waals surface area contributed by atoms with E-state index in [2.05, 4.69) is 10.3 Å². The molecule has 122 valence electrons. The van der Waals surface area contributed by atoms with Crippen LogP contribution in [0.1, 0.15) is 24.3 Å². The van der Waals surface area contributed by atoms with Crippen LogP contribution < -0.4 is 5.32 Å². The molecule has 2 rings (SSSR count). The van der Waals surface area contributed by atoms with Crippen molar-refractivity contribution in [3.8, 4) is 0 Å². The molecule has 0 saturated carbocycles. The van der Waals surface area contributed by atoms with E-state index in [0.29, 0.717) is 18.8 Å². The number of halogens is 3. The second kappa shape index (κ2) is 7.13. The number of carbonyl (C=O) groups excluding carboxylic acids is 1. The van der Waals surface area contributed by atoms with Crippen molar-refractivity contribution in [2.45, 2.75) is 13.8 Å². The molecule has 0 unspecified atom stereocenters. The Morgan fingerprint density at radius 3 is 2.35 bits per heavy atom. The van der Waals surface area contributed by atoms with Gasteiger partial charge in [-0.3, -0.25) is 4.79 Å². The van der Waals surface area contributed by atoms with Gasteiger partial charge in [0, 0.05) is 13.1 Å². The quantitative estimate of drug-likeness (QED) is 0.853. The van der Waals surface area contributed by atoms with E-state index in [4.69, 9.17) is 0 Å². The molecule has 2 aromatic rings. The molecule has 7 heteroatoms. The molecule has 0 aliphatic rings. The Morgan fingerprint density at radius 1 is 1.09 bits per heavy atom. The van der Waals surface area contributed by atoms with Gasteiger partial charge in [-0.25, -0.2) is 18.2 Å². The molecule has 0 fully saturated rings. The molecule has 0 radical (unpaired) electrons. The Labute approximate surface area is 132 Å². The first-order valence-electron chi connectivity index (χ1n) is 7.13. The van der Waals surface area contributed by atoms with Gasteiger partial charge in [-0.05, 0) is 38.1 Å². The van der Waals surface area contributed by atoms with Crippen LogP contribution in [-0.4, -0.2) is 28.9 Å². The Hall–Kier alpha value is -2.57. The molecule has 1 amide bonds. The summed E-state index contributed by atoms with van der Waals surface area (Å²) in [6.07, 6.45) is 1.33. The molecular weight excluding hydrogens is 307 g/mol. The smallest absolute Gasteiger partial charge is 0.272 e. The molecule has 1 aromatic carbocycles. The van der Waals surface area contributed by atoms with Gasteiger partial charge in [0.2, 0.25) is 0 Å². The Balaban J connectivity index is 2.18. The summed E-state index contributed by atoms with van der Waals surface area (Å²) in [5, 5.41) is 2.59. The van der Waals surface area contributed by atoms with Crippen LogP contribution in [0, 0.1) is 17.5 Å². The number of amides is 1. The summed E-state index contributed by atoms with van der Waals surface area (Å²) in [6.45, 7) is 4.86. The first-order valence-corrected chi connectivity index (χ1v) is 7.13. The van der Waals surface area contributed by atoms with Gasteiger partial charge in [-0.1, -0.05) is 0 Å². The van der Waals surface area contributed by atoms with Crippen molar-refractivity contribution in [3.63, 3.8) is 0 Å². The van der Waals surface area contributed by atoms with Gasteiger partial charge in [0.05, 0.1) is 17.6 Å². The number of benzene rings is 1. The highest BCUT2D eigenvalue weighted by Gasteiger charge is 2.15. The van der Waals surface area contributed by atoms with E-state index in [1.165, 1.54) is 18.3 Å². The number of pyridine rings is 1. The van der Waals surface area contributed by atoms with Gasteiger partial charge in [0.25, 0.3) is 5.91 Å². The summed E-state index contributed by atoms with van der Waals surface area (Å²) >= 11 is 0. The molecule has 0 atom stereocenters.